The fraction of sp³-hybridized carbons (Fsp3) is 0.375. The topological polar surface area (TPSA) is 196 Å². The van der Waals surface area contributed by atoms with Crippen molar-refractivity contribution in [1.29, 1.82) is 0 Å². The maximum absolute atomic E-state index is 10.8. The molecule has 0 spiro atoms. The van der Waals surface area contributed by atoms with Gasteiger partial charge in [-0.25, -0.2) is 5.14 Å². The van der Waals surface area contributed by atoms with Gasteiger partial charge in [0.25, 0.3) is 0 Å². The van der Waals surface area contributed by atoms with Crippen molar-refractivity contribution in [3.05, 3.63) is 16.0 Å². The number of nitrogens with two attached hydrogens (primary N) is 4. The fourth-order valence-electron chi connectivity index (χ4n) is 1.27. The number of nitrogens with zero attached hydrogens (tertiary/aromatic N) is 4. The third-order valence-electron chi connectivity index (χ3n) is 2.06. The predicted molar refractivity (Wildman–Crippen MR) is 86.7 cm³/mol. The molecule has 0 unspecified atom stereocenters. The second-order valence-electron chi connectivity index (χ2n) is 3.84. The number of hydrogen-bond acceptors (Lipinski definition) is 7. The van der Waals surface area contributed by atoms with Gasteiger partial charge in [0.15, 0.2) is 11.0 Å². The Kier molecular flexibility index (Phi) is 6.66. The number of hydrogen-bond donors (Lipinski definition) is 4. The van der Waals surface area contributed by atoms with E-state index >= 15 is 0 Å². The van der Waals surface area contributed by atoms with E-state index in [2.05, 4.69) is 14.7 Å². The second kappa shape index (κ2) is 8.02. The molecule has 14 heteroatoms. The molecule has 0 aromatic carbocycles. The van der Waals surface area contributed by atoms with Gasteiger partial charge in [-0.05, 0) is 16.0 Å². The van der Waals surface area contributed by atoms with Gasteiger partial charge in [0.2, 0.25) is 0 Å². The van der Waals surface area contributed by atoms with Crippen molar-refractivity contribution in [3.8, 4) is 0 Å². The van der Waals surface area contributed by atoms with E-state index in [1.54, 1.807) is 5.38 Å². The van der Waals surface area contributed by atoms with Crippen molar-refractivity contribution < 1.29 is 13.1 Å². The van der Waals surface area contributed by atoms with Gasteiger partial charge in [0, 0.05) is 22.5 Å². The molecule has 0 saturated heterocycles. The summed E-state index contributed by atoms with van der Waals surface area (Å²) in [5.41, 5.74) is 16.5. The Labute approximate surface area is 134 Å². The molecule has 122 valence electrons. The summed E-state index contributed by atoms with van der Waals surface area (Å²) in [7, 11) is -3.98. The van der Waals surface area contributed by atoms with Crippen molar-refractivity contribution >= 4 is 50.2 Å². The highest BCUT2D eigenvalue weighted by atomic mass is 32.2. The standard InChI is InChI=1S/C8H14N8O3S3/c9-6(14-22(12,18)19)1-2-20-3-5-4-21-8(13-7(10)11)16(5)15-17/h4H,1-3H2,(H7,9,10,11,12,14,18,19)/p+1. The number of amidine groups is 1. The summed E-state index contributed by atoms with van der Waals surface area (Å²) in [4.78, 5) is 14.6. The van der Waals surface area contributed by atoms with Gasteiger partial charge in [0.05, 0.1) is 5.75 Å². The highest BCUT2D eigenvalue weighted by molar-refractivity contribution is 7.98. The molecule has 1 heterocycles. The van der Waals surface area contributed by atoms with Crippen molar-refractivity contribution in [2.24, 2.45) is 37.0 Å². The number of rotatable bonds is 8. The molecule has 8 N–H and O–H groups in total. The molecular formula is C8H15N8O3S3+. The van der Waals surface area contributed by atoms with E-state index in [1.807, 2.05) is 0 Å². The molecule has 0 aliphatic heterocycles. The maximum atomic E-state index is 10.8. The van der Waals surface area contributed by atoms with Gasteiger partial charge in [-0.1, -0.05) is 0 Å². The van der Waals surface area contributed by atoms with Crippen LogP contribution in [-0.4, -0.2) is 26.0 Å². The van der Waals surface area contributed by atoms with Crippen LogP contribution in [0.3, 0.4) is 0 Å². The summed E-state index contributed by atoms with van der Waals surface area (Å²) in [6, 6.07) is 0. The summed E-state index contributed by atoms with van der Waals surface area (Å²) in [6.07, 6.45) is 0.237. The zero-order chi connectivity index (χ0) is 16.8. The summed E-state index contributed by atoms with van der Waals surface area (Å²) in [6.45, 7) is 0. The third kappa shape index (κ3) is 6.33. The zero-order valence-corrected chi connectivity index (χ0v) is 13.7. The fourth-order valence-corrected chi connectivity index (χ4v) is 3.54. The summed E-state index contributed by atoms with van der Waals surface area (Å²) in [5, 5.41) is 9.53. The van der Waals surface area contributed by atoms with E-state index in [-0.39, 0.29) is 23.3 Å². The zero-order valence-electron chi connectivity index (χ0n) is 11.2. The van der Waals surface area contributed by atoms with Crippen LogP contribution in [0.25, 0.3) is 0 Å². The van der Waals surface area contributed by atoms with Gasteiger partial charge in [-0.3, -0.25) is 0 Å². The van der Waals surface area contributed by atoms with Gasteiger partial charge in [0.1, 0.15) is 5.84 Å². The van der Waals surface area contributed by atoms with Gasteiger partial charge >= 0.3 is 21.3 Å². The van der Waals surface area contributed by atoms with Gasteiger partial charge < -0.3 is 17.2 Å². The quantitative estimate of drug-likeness (QED) is 0.143. The Balaban J connectivity index is 2.60. The highest BCUT2D eigenvalue weighted by Gasteiger charge is 2.20. The molecule has 0 saturated carbocycles. The molecule has 1 rings (SSSR count). The highest BCUT2D eigenvalue weighted by Crippen LogP contribution is 2.20. The van der Waals surface area contributed by atoms with Crippen LogP contribution in [0.1, 0.15) is 12.1 Å². The lowest BCUT2D eigenvalue weighted by atomic mass is 10.5. The van der Waals surface area contributed by atoms with Crippen LogP contribution < -0.4 is 27.0 Å². The number of aromatic nitrogens is 1. The first kappa shape index (κ1) is 18.3. The Morgan fingerprint density at radius 1 is 1.36 bits per heavy atom. The average molecular weight is 367 g/mol. The minimum absolute atomic E-state index is 0.0806. The van der Waals surface area contributed by atoms with Crippen molar-refractivity contribution in [2.45, 2.75) is 12.2 Å². The van der Waals surface area contributed by atoms with Crippen LogP contribution in [-0.2, 0) is 16.0 Å². The van der Waals surface area contributed by atoms with Crippen LogP contribution in [0.5, 0.6) is 0 Å². The Hall–Kier alpha value is -1.77. The lowest BCUT2D eigenvalue weighted by Crippen LogP contribution is -2.31. The summed E-state index contributed by atoms with van der Waals surface area (Å²) < 4.78 is 25.6. The minimum atomic E-state index is -3.98. The molecule has 0 fully saturated rings. The predicted octanol–water partition coefficient (Wildman–Crippen LogP) is -1.35. The Bertz CT molecular complexity index is 691. The molecular weight excluding hydrogens is 352 g/mol. The maximum Gasteiger partial charge on any atom is 0.414 e. The molecule has 0 bridgehead atoms. The average Bonchev–Trinajstić information content (AvgIpc) is 2.73. The van der Waals surface area contributed by atoms with E-state index in [0.717, 1.165) is 4.68 Å². The summed E-state index contributed by atoms with van der Waals surface area (Å²) >= 11 is 2.57. The van der Waals surface area contributed by atoms with Crippen LogP contribution in [0.15, 0.2) is 20.1 Å². The Morgan fingerprint density at radius 3 is 2.59 bits per heavy atom. The molecule has 1 aromatic heterocycles. The minimum Gasteiger partial charge on any atom is -0.386 e. The number of thiazole rings is 1. The second-order valence-corrected chi connectivity index (χ2v) is 6.99. The van der Waals surface area contributed by atoms with Crippen LogP contribution in [0.2, 0.25) is 0 Å². The lowest BCUT2D eigenvalue weighted by Gasteiger charge is -1.99. The number of aliphatic imine (C=N–C) groups is 1. The summed E-state index contributed by atoms with van der Waals surface area (Å²) in [5.74, 6) is 0.663. The largest absolute Gasteiger partial charge is 0.414 e. The molecule has 11 nitrogen and oxygen atoms in total. The first-order chi connectivity index (χ1) is 10.2. The molecule has 0 amide bonds. The van der Waals surface area contributed by atoms with Crippen LogP contribution in [0.4, 0.5) is 5.13 Å². The molecule has 0 radical (unpaired) electrons. The van der Waals surface area contributed by atoms with E-state index in [4.69, 9.17) is 22.3 Å². The third-order valence-corrected chi connectivity index (χ3v) is 4.40. The van der Waals surface area contributed by atoms with E-state index < -0.39 is 10.2 Å². The number of guanidine groups is 1. The smallest absolute Gasteiger partial charge is 0.386 e. The van der Waals surface area contributed by atoms with Gasteiger partial charge in [-0.15, -0.1) is 9.30 Å². The first-order valence-corrected chi connectivity index (χ1v) is 9.17. The molecule has 0 atom stereocenters. The SMILES string of the molecule is NC(N)=Nc1scc(CSCCC(N)=NS(N)(=O)=O)[n+]1N=O. The van der Waals surface area contributed by atoms with Crippen molar-refractivity contribution in [1.82, 2.24) is 0 Å². The molecule has 0 aliphatic carbocycles. The normalized spacial score (nSPS) is 12.1. The Morgan fingerprint density at radius 2 is 2.05 bits per heavy atom. The van der Waals surface area contributed by atoms with Gasteiger partial charge in [-0.2, -0.15) is 20.2 Å². The monoisotopic (exact) mass is 367 g/mol. The van der Waals surface area contributed by atoms with Crippen molar-refractivity contribution in [3.63, 3.8) is 0 Å². The van der Waals surface area contributed by atoms with E-state index in [1.165, 1.54) is 23.1 Å². The number of nitroso groups, excluding NO2 is 1. The molecule has 0 aliphatic rings. The van der Waals surface area contributed by atoms with Crippen molar-refractivity contribution in [2.75, 3.05) is 5.75 Å². The van der Waals surface area contributed by atoms with E-state index in [9.17, 15) is 13.3 Å². The first-order valence-electron chi connectivity index (χ1n) is 5.63. The van der Waals surface area contributed by atoms with Crippen LogP contribution in [0, 0.1) is 4.91 Å². The number of thioether (sulfide) groups is 1. The molecule has 22 heavy (non-hydrogen) atoms. The van der Waals surface area contributed by atoms with E-state index in [0.29, 0.717) is 17.2 Å². The lowest BCUT2D eigenvalue weighted by molar-refractivity contribution is -0.670. The molecule has 1 aromatic rings. The van der Waals surface area contributed by atoms with Crippen LogP contribution >= 0.6 is 23.1 Å².